The monoisotopic (exact) mass is 243 g/mol. The van der Waals surface area contributed by atoms with Crippen LogP contribution in [0.3, 0.4) is 0 Å². The lowest BCUT2D eigenvalue weighted by atomic mass is 10.0. The second-order valence-corrected chi connectivity index (χ2v) is 4.79. The van der Waals surface area contributed by atoms with Crippen LogP contribution in [0.1, 0.15) is 23.3 Å². The molecule has 0 amide bonds. The van der Waals surface area contributed by atoms with Crippen LogP contribution >= 0.6 is 0 Å². The number of likely N-dealkylation sites (N-methyl/N-ethyl adjacent to an activating group) is 1. The highest BCUT2D eigenvalue weighted by Crippen LogP contribution is 2.11. The van der Waals surface area contributed by atoms with Crippen LogP contribution in [0.4, 0.5) is 0 Å². The topological polar surface area (TPSA) is 25.2 Å². The van der Waals surface area contributed by atoms with Crippen LogP contribution in [0.25, 0.3) is 0 Å². The van der Waals surface area contributed by atoms with E-state index < -0.39 is 0 Å². The van der Waals surface area contributed by atoms with Crippen LogP contribution in [0.2, 0.25) is 0 Å². The summed E-state index contributed by atoms with van der Waals surface area (Å²) in [5.41, 5.74) is 2.70. The van der Waals surface area contributed by atoms with Gasteiger partial charge in [-0.1, -0.05) is 29.8 Å². The van der Waals surface area contributed by atoms with Crippen LogP contribution in [0, 0.1) is 6.92 Å². The summed E-state index contributed by atoms with van der Waals surface area (Å²) in [6.07, 6.45) is 4.89. The fourth-order valence-electron chi connectivity index (χ4n) is 2.13. The third-order valence-corrected chi connectivity index (χ3v) is 3.33. The molecular weight excluding hydrogens is 222 g/mol. The largest absolute Gasteiger partial charge is 0.469 e. The number of furan rings is 1. The minimum Gasteiger partial charge on any atom is -0.469 e. The van der Waals surface area contributed by atoms with Crippen molar-refractivity contribution in [3.8, 4) is 0 Å². The summed E-state index contributed by atoms with van der Waals surface area (Å²) in [5.74, 6) is 1.07. The fourth-order valence-corrected chi connectivity index (χ4v) is 2.13. The maximum Gasteiger partial charge on any atom is 0.103 e. The summed E-state index contributed by atoms with van der Waals surface area (Å²) in [4.78, 5) is 0. The lowest BCUT2D eigenvalue weighted by Gasteiger charge is -2.15. The normalized spacial score (nSPS) is 12.6. The molecule has 2 heteroatoms. The third-order valence-electron chi connectivity index (χ3n) is 3.33. The zero-order valence-electron chi connectivity index (χ0n) is 11.1. The average Bonchev–Trinajstić information content (AvgIpc) is 2.90. The highest BCUT2D eigenvalue weighted by atomic mass is 16.3. The lowest BCUT2D eigenvalue weighted by Crippen LogP contribution is -2.28. The molecule has 18 heavy (non-hydrogen) atoms. The van der Waals surface area contributed by atoms with E-state index in [1.165, 1.54) is 11.1 Å². The predicted octanol–water partition coefficient (Wildman–Crippen LogP) is 3.35. The first-order valence-corrected chi connectivity index (χ1v) is 6.53. The Morgan fingerprint density at radius 3 is 2.56 bits per heavy atom. The molecule has 1 aromatic carbocycles. The van der Waals surface area contributed by atoms with E-state index in [1.54, 1.807) is 6.26 Å². The highest BCUT2D eigenvalue weighted by molar-refractivity contribution is 5.22. The van der Waals surface area contributed by atoms with Crippen molar-refractivity contribution in [3.05, 3.63) is 59.5 Å². The first-order chi connectivity index (χ1) is 8.78. The van der Waals surface area contributed by atoms with E-state index >= 15 is 0 Å². The summed E-state index contributed by atoms with van der Waals surface area (Å²) >= 11 is 0. The molecule has 0 radical (unpaired) electrons. The molecular formula is C16H21NO. The number of aryl methyl sites for hydroxylation is 2. The van der Waals surface area contributed by atoms with Gasteiger partial charge >= 0.3 is 0 Å². The molecule has 0 saturated heterocycles. The molecule has 2 aromatic rings. The fraction of sp³-hybridized carbons (Fsp3) is 0.375. The minimum absolute atomic E-state index is 0.498. The molecule has 2 nitrogen and oxygen atoms in total. The molecule has 0 fully saturated rings. The van der Waals surface area contributed by atoms with Gasteiger partial charge in [0.05, 0.1) is 6.26 Å². The van der Waals surface area contributed by atoms with Gasteiger partial charge in [-0.2, -0.15) is 0 Å². The van der Waals surface area contributed by atoms with Crippen LogP contribution in [-0.4, -0.2) is 13.1 Å². The van der Waals surface area contributed by atoms with Crippen LogP contribution in [-0.2, 0) is 12.8 Å². The van der Waals surface area contributed by atoms with Crippen LogP contribution < -0.4 is 5.32 Å². The van der Waals surface area contributed by atoms with Gasteiger partial charge in [0.25, 0.3) is 0 Å². The molecule has 0 aliphatic carbocycles. The molecule has 1 N–H and O–H groups in total. The van der Waals surface area contributed by atoms with E-state index in [0.717, 1.165) is 25.0 Å². The Labute approximate surface area is 109 Å². The molecule has 96 valence electrons. The number of hydrogen-bond acceptors (Lipinski definition) is 2. The Bertz CT molecular complexity index is 444. The molecule has 2 rings (SSSR count). The second kappa shape index (κ2) is 6.41. The van der Waals surface area contributed by atoms with Gasteiger partial charge < -0.3 is 9.73 Å². The van der Waals surface area contributed by atoms with Gasteiger partial charge in [-0.25, -0.2) is 0 Å². The molecule has 0 aliphatic rings. The summed E-state index contributed by atoms with van der Waals surface area (Å²) in [5, 5.41) is 3.39. The SMILES string of the molecule is CNC(CCc1ccco1)Cc1ccc(C)cc1. The molecule has 1 unspecified atom stereocenters. The van der Waals surface area contributed by atoms with Crippen molar-refractivity contribution in [3.63, 3.8) is 0 Å². The van der Waals surface area contributed by atoms with Gasteiger partial charge in [-0.15, -0.1) is 0 Å². The zero-order chi connectivity index (χ0) is 12.8. The Hall–Kier alpha value is -1.54. The first-order valence-electron chi connectivity index (χ1n) is 6.53. The number of benzene rings is 1. The Morgan fingerprint density at radius 1 is 1.17 bits per heavy atom. The maximum absolute atomic E-state index is 5.37. The zero-order valence-corrected chi connectivity index (χ0v) is 11.1. The highest BCUT2D eigenvalue weighted by Gasteiger charge is 2.08. The van der Waals surface area contributed by atoms with Gasteiger partial charge in [0.15, 0.2) is 0 Å². The smallest absolute Gasteiger partial charge is 0.103 e. The molecule has 0 aliphatic heterocycles. The molecule has 0 bridgehead atoms. The van der Waals surface area contributed by atoms with E-state index in [4.69, 9.17) is 4.42 Å². The van der Waals surface area contributed by atoms with Gasteiger partial charge in [-0.3, -0.25) is 0 Å². The molecule has 1 aromatic heterocycles. The summed E-state index contributed by atoms with van der Waals surface area (Å²) < 4.78 is 5.37. The number of nitrogens with one attached hydrogen (secondary N) is 1. The summed E-state index contributed by atoms with van der Waals surface area (Å²) in [6, 6.07) is 13.3. The van der Waals surface area contributed by atoms with Crippen molar-refractivity contribution in [2.45, 2.75) is 32.2 Å². The summed E-state index contributed by atoms with van der Waals surface area (Å²) in [7, 11) is 2.03. The van der Waals surface area contributed by atoms with E-state index in [1.807, 2.05) is 19.2 Å². The summed E-state index contributed by atoms with van der Waals surface area (Å²) in [6.45, 7) is 2.12. The van der Waals surface area contributed by atoms with Crippen molar-refractivity contribution in [2.24, 2.45) is 0 Å². The van der Waals surface area contributed by atoms with Gasteiger partial charge in [0.1, 0.15) is 5.76 Å². The van der Waals surface area contributed by atoms with Gasteiger partial charge in [-0.05, 0) is 44.5 Å². The second-order valence-electron chi connectivity index (χ2n) is 4.79. The van der Waals surface area contributed by atoms with E-state index in [2.05, 4.69) is 36.5 Å². The average molecular weight is 243 g/mol. The van der Waals surface area contributed by atoms with Crippen molar-refractivity contribution in [1.29, 1.82) is 0 Å². The molecule has 0 saturated carbocycles. The third kappa shape index (κ3) is 3.74. The molecule has 1 heterocycles. The van der Waals surface area contributed by atoms with E-state index in [9.17, 15) is 0 Å². The van der Waals surface area contributed by atoms with Crippen LogP contribution in [0.15, 0.2) is 47.1 Å². The van der Waals surface area contributed by atoms with Gasteiger partial charge in [0, 0.05) is 12.5 Å². The minimum atomic E-state index is 0.498. The Morgan fingerprint density at radius 2 is 1.94 bits per heavy atom. The quantitative estimate of drug-likeness (QED) is 0.841. The lowest BCUT2D eigenvalue weighted by molar-refractivity contribution is 0.460. The predicted molar refractivity (Wildman–Crippen MR) is 74.8 cm³/mol. The van der Waals surface area contributed by atoms with E-state index in [0.29, 0.717) is 6.04 Å². The molecule has 0 spiro atoms. The standard InChI is InChI=1S/C16H21NO/c1-13-5-7-14(8-6-13)12-15(17-2)9-10-16-4-3-11-18-16/h3-8,11,15,17H,9-10,12H2,1-2H3. The van der Waals surface area contributed by atoms with Crippen LogP contribution in [0.5, 0.6) is 0 Å². The van der Waals surface area contributed by atoms with Crippen molar-refractivity contribution >= 4 is 0 Å². The Kier molecular flexibility index (Phi) is 4.59. The maximum atomic E-state index is 5.37. The number of hydrogen-bond donors (Lipinski definition) is 1. The number of rotatable bonds is 6. The van der Waals surface area contributed by atoms with Crippen molar-refractivity contribution in [2.75, 3.05) is 7.05 Å². The van der Waals surface area contributed by atoms with Crippen molar-refractivity contribution < 1.29 is 4.42 Å². The van der Waals surface area contributed by atoms with Crippen molar-refractivity contribution in [1.82, 2.24) is 5.32 Å². The van der Waals surface area contributed by atoms with Gasteiger partial charge in [0.2, 0.25) is 0 Å². The first kappa shape index (κ1) is 12.9. The molecule has 1 atom stereocenters. The Balaban J connectivity index is 1.87. The van der Waals surface area contributed by atoms with E-state index in [-0.39, 0.29) is 0 Å².